The lowest BCUT2D eigenvalue weighted by molar-refractivity contribution is 0.272. The number of likely N-dealkylation sites (N-methyl/N-ethyl adjacent to an activating group) is 1. The third kappa shape index (κ3) is 2.02. The van der Waals surface area contributed by atoms with Crippen LogP contribution in [-0.4, -0.2) is 17.5 Å². The fourth-order valence-electron chi connectivity index (χ4n) is 2.39. The van der Waals surface area contributed by atoms with Crippen molar-refractivity contribution in [3.05, 3.63) is 23.4 Å². The molecule has 14 heavy (non-hydrogen) atoms. The van der Waals surface area contributed by atoms with Gasteiger partial charge in [0.25, 0.3) is 0 Å². The van der Waals surface area contributed by atoms with E-state index in [1.807, 2.05) is 0 Å². The Morgan fingerprint density at radius 1 is 1.07 bits per heavy atom. The lowest BCUT2D eigenvalue weighted by atomic mass is 9.95. The molecule has 1 unspecified atom stereocenters. The van der Waals surface area contributed by atoms with Crippen molar-refractivity contribution in [3.63, 3.8) is 0 Å². The van der Waals surface area contributed by atoms with E-state index in [2.05, 4.69) is 44.7 Å². The van der Waals surface area contributed by atoms with Gasteiger partial charge in [-0.3, -0.25) is 0 Å². The SMILES string of the molecule is CCC1=CC=C(CC)N(CC)C1CC. The first-order chi connectivity index (χ1) is 6.78. The third-order valence-electron chi connectivity index (χ3n) is 3.16. The van der Waals surface area contributed by atoms with E-state index in [-0.39, 0.29) is 0 Å². The van der Waals surface area contributed by atoms with Crippen LogP contribution in [0.3, 0.4) is 0 Å². The first-order valence-electron chi connectivity index (χ1n) is 5.94. The van der Waals surface area contributed by atoms with E-state index in [0.717, 1.165) is 13.0 Å². The quantitative estimate of drug-likeness (QED) is 0.657. The summed E-state index contributed by atoms with van der Waals surface area (Å²) in [6, 6.07) is 0.657. The van der Waals surface area contributed by atoms with Crippen LogP contribution in [0.1, 0.15) is 47.0 Å². The average Bonchev–Trinajstić information content (AvgIpc) is 2.26. The lowest BCUT2D eigenvalue weighted by Crippen LogP contribution is -2.37. The van der Waals surface area contributed by atoms with Crippen molar-refractivity contribution >= 4 is 0 Å². The number of nitrogens with zero attached hydrogens (tertiary/aromatic N) is 1. The van der Waals surface area contributed by atoms with Crippen LogP contribution in [0.15, 0.2) is 23.4 Å². The molecule has 0 fully saturated rings. The van der Waals surface area contributed by atoms with E-state index in [1.54, 1.807) is 5.57 Å². The summed E-state index contributed by atoms with van der Waals surface area (Å²) in [7, 11) is 0. The number of hydrogen-bond acceptors (Lipinski definition) is 1. The van der Waals surface area contributed by atoms with Crippen LogP contribution in [0, 0.1) is 0 Å². The van der Waals surface area contributed by atoms with Gasteiger partial charge in [0, 0.05) is 18.3 Å². The molecule has 1 heteroatoms. The van der Waals surface area contributed by atoms with Crippen LogP contribution in [-0.2, 0) is 0 Å². The molecular weight excluding hydrogens is 170 g/mol. The molecule has 1 rings (SSSR count). The second-order valence-electron chi connectivity index (χ2n) is 3.82. The van der Waals surface area contributed by atoms with Crippen LogP contribution in [0.5, 0.6) is 0 Å². The van der Waals surface area contributed by atoms with Crippen molar-refractivity contribution < 1.29 is 0 Å². The van der Waals surface area contributed by atoms with Crippen molar-refractivity contribution in [2.24, 2.45) is 0 Å². The minimum Gasteiger partial charge on any atom is -0.368 e. The van der Waals surface area contributed by atoms with Crippen molar-refractivity contribution in [2.45, 2.75) is 53.0 Å². The summed E-state index contributed by atoms with van der Waals surface area (Å²) < 4.78 is 0. The predicted molar refractivity (Wildman–Crippen MR) is 63.2 cm³/mol. The maximum absolute atomic E-state index is 2.55. The molecule has 1 atom stereocenters. The van der Waals surface area contributed by atoms with Crippen LogP contribution in [0.25, 0.3) is 0 Å². The van der Waals surface area contributed by atoms with Gasteiger partial charge in [-0.15, -0.1) is 0 Å². The Balaban J connectivity index is 2.91. The Kier molecular flexibility index (Phi) is 4.24. The van der Waals surface area contributed by atoms with Crippen molar-refractivity contribution in [1.82, 2.24) is 4.90 Å². The molecule has 0 aliphatic carbocycles. The Bertz CT molecular complexity index is 212. The van der Waals surface area contributed by atoms with Crippen molar-refractivity contribution in [1.29, 1.82) is 0 Å². The fourth-order valence-corrected chi connectivity index (χ4v) is 2.39. The van der Waals surface area contributed by atoms with Gasteiger partial charge in [0.2, 0.25) is 0 Å². The molecule has 0 bridgehead atoms. The van der Waals surface area contributed by atoms with Gasteiger partial charge in [0.05, 0.1) is 0 Å². The number of allylic oxidation sites excluding steroid dienone is 3. The summed E-state index contributed by atoms with van der Waals surface area (Å²) >= 11 is 0. The summed E-state index contributed by atoms with van der Waals surface area (Å²) in [6.07, 6.45) is 8.19. The highest BCUT2D eigenvalue weighted by Gasteiger charge is 2.22. The van der Waals surface area contributed by atoms with E-state index in [4.69, 9.17) is 0 Å². The van der Waals surface area contributed by atoms with Crippen LogP contribution < -0.4 is 0 Å². The minimum absolute atomic E-state index is 0.657. The van der Waals surface area contributed by atoms with Gasteiger partial charge in [-0.2, -0.15) is 0 Å². The summed E-state index contributed by atoms with van der Waals surface area (Å²) in [5, 5.41) is 0. The zero-order chi connectivity index (χ0) is 10.6. The van der Waals surface area contributed by atoms with Gasteiger partial charge < -0.3 is 4.90 Å². The molecule has 1 aliphatic heterocycles. The molecule has 1 heterocycles. The Labute approximate surface area is 88.5 Å². The number of hydrogen-bond donors (Lipinski definition) is 0. The van der Waals surface area contributed by atoms with E-state index < -0.39 is 0 Å². The molecule has 0 saturated heterocycles. The molecule has 1 aliphatic rings. The lowest BCUT2D eigenvalue weighted by Gasteiger charge is -2.38. The zero-order valence-corrected chi connectivity index (χ0v) is 10.0. The van der Waals surface area contributed by atoms with Gasteiger partial charge in [-0.1, -0.05) is 26.8 Å². The molecular formula is C13H23N. The van der Waals surface area contributed by atoms with Crippen molar-refractivity contribution in [2.75, 3.05) is 6.54 Å². The molecule has 0 radical (unpaired) electrons. The van der Waals surface area contributed by atoms with Crippen molar-refractivity contribution in [3.8, 4) is 0 Å². The minimum atomic E-state index is 0.657. The third-order valence-corrected chi connectivity index (χ3v) is 3.16. The molecule has 0 amide bonds. The summed E-state index contributed by atoms with van der Waals surface area (Å²) in [5.41, 5.74) is 3.09. The Morgan fingerprint density at radius 3 is 2.21 bits per heavy atom. The van der Waals surface area contributed by atoms with Crippen LogP contribution in [0.2, 0.25) is 0 Å². The van der Waals surface area contributed by atoms with Gasteiger partial charge in [0.1, 0.15) is 0 Å². The topological polar surface area (TPSA) is 3.24 Å². The predicted octanol–water partition coefficient (Wildman–Crippen LogP) is 3.73. The fraction of sp³-hybridized carbons (Fsp3) is 0.692. The molecule has 0 aromatic heterocycles. The zero-order valence-electron chi connectivity index (χ0n) is 10.0. The van der Waals surface area contributed by atoms with Crippen LogP contribution >= 0.6 is 0 Å². The first-order valence-corrected chi connectivity index (χ1v) is 5.94. The summed E-state index contributed by atoms with van der Waals surface area (Å²) in [5.74, 6) is 0. The smallest absolute Gasteiger partial charge is 0.0499 e. The maximum Gasteiger partial charge on any atom is 0.0499 e. The highest BCUT2D eigenvalue weighted by molar-refractivity contribution is 5.27. The van der Waals surface area contributed by atoms with Gasteiger partial charge in [-0.25, -0.2) is 0 Å². The van der Waals surface area contributed by atoms with E-state index in [9.17, 15) is 0 Å². The average molecular weight is 193 g/mol. The van der Waals surface area contributed by atoms with E-state index in [0.29, 0.717) is 6.04 Å². The first kappa shape index (κ1) is 11.4. The largest absolute Gasteiger partial charge is 0.368 e. The molecule has 0 N–H and O–H groups in total. The molecule has 0 aromatic carbocycles. The second-order valence-corrected chi connectivity index (χ2v) is 3.82. The normalized spacial score (nSPS) is 22.0. The molecule has 0 aromatic rings. The highest BCUT2D eigenvalue weighted by Crippen LogP contribution is 2.27. The van der Waals surface area contributed by atoms with E-state index in [1.165, 1.54) is 18.5 Å². The van der Waals surface area contributed by atoms with Gasteiger partial charge >= 0.3 is 0 Å². The molecule has 80 valence electrons. The summed E-state index contributed by atoms with van der Waals surface area (Å²) in [4.78, 5) is 2.55. The summed E-state index contributed by atoms with van der Waals surface area (Å²) in [6.45, 7) is 10.2. The van der Waals surface area contributed by atoms with Crippen LogP contribution in [0.4, 0.5) is 0 Å². The molecule has 1 nitrogen and oxygen atoms in total. The molecule has 0 spiro atoms. The van der Waals surface area contributed by atoms with Gasteiger partial charge in [0.15, 0.2) is 0 Å². The van der Waals surface area contributed by atoms with Gasteiger partial charge in [-0.05, 0) is 37.8 Å². The standard InChI is InChI=1S/C13H23N/c1-5-11-9-10-12(6-2)14(8-4)13(11)7-3/h9-10,13H,5-8H2,1-4H3. The van der Waals surface area contributed by atoms with E-state index >= 15 is 0 Å². The Hall–Kier alpha value is -0.720. The highest BCUT2D eigenvalue weighted by atomic mass is 15.2. The number of rotatable bonds is 4. The Morgan fingerprint density at radius 2 is 1.79 bits per heavy atom. The molecule has 0 saturated carbocycles. The maximum atomic E-state index is 2.55. The second kappa shape index (κ2) is 5.23. The monoisotopic (exact) mass is 193 g/mol.